The summed E-state index contributed by atoms with van der Waals surface area (Å²) in [6.07, 6.45) is 1.36. The second-order valence-corrected chi connectivity index (χ2v) is 6.35. The van der Waals surface area contributed by atoms with Crippen LogP contribution in [0.15, 0.2) is 0 Å². The van der Waals surface area contributed by atoms with Crippen molar-refractivity contribution < 1.29 is 0 Å². The van der Waals surface area contributed by atoms with E-state index in [2.05, 4.69) is 50.1 Å². The molecular weight excluding hydrogens is 198 g/mol. The van der Waals surface area contributed by atoms with Crippen LogP contribution < -0.4 is 5.32 Å². The van der Waals surface area contributed by atoms with Gasteiger partial charge in [-0.3, -0.25) is 0 Å². The van der Waals surface area contributed by atoms with E-state index >= 15 is 0 Å². The fourth-order valence-corrected chi connectivity index (χ4v) is 3.02. The predicted molar refractivity (Wildman–Crippen MR) is 70.8 cm³/mol. The number of nitrogens with zero attached hydrogens (tertiary/aromatic N) is 2. The first-order valence-electron chi connectivity index (χ1n) is 6.44. The molecule has 0 saturated carbocycles. The van der Waals surface area contributed by atoms with Gasteiger partial charge >= 0.3 is 0 Å². The van der Waals surface area contributed by atoms with E-state index in [1.165, 1.54) is 39.1 Å². The zero-order chi connectivity index (χ0) is 12.2. The second-order valence-electron chi connectivity index (χ2n) is 6.35. The third kappa shape index (κ3) is 4.81. The van der Waals surface area contributed by atoms with Crippen molar-refractivity contribution in [3.8, 4) is 0 Å². The van der Waals surface area contributed by atoms with Gasteiger partial charge in [-0.15, -0.1) is 0 Å². The Morgan fingerprint density at radius 1 is 1.38 bits per heavy atom. The van der Waals surface area contributed by atoms with E-state index in [4.69, 9.17) is 0 Å². The van der Waals surface area contributed by atoms with Gasteiger partial charge in [0, 0.05) is 19.6 Å². The van der Waals surface area contributed by atoms with Crippen molar-refractivity contribution in [3.63, 3.8) is 0 Å². The van der Waals surface area contributed by atoms with Crippen LogP contribution in [0.3, 0.4) is 0 Å². The van der Waals surface area contributed by atoms with Crippen LogP contribution in [-0.4, -0.2) is 63.7 Å². The Labute approximate surface area is 101 Å². The van der Waals surface area contributed by atoms with Gasteiger partial charge in [0.1, 0.15) is 0 Å². The summed E-state index contributed by atoms with van der Waals surface area (Å²) in [6.45, 7) is 10.9. The summed E-state index contributed by atoms with van der Waals surface area (Å²) in [4.78, 5) is 4.92. The van der Waals surface area contributed by atoms with Crippen molar-refractivity contribution in [3.05, 3.63) is 0 Å². The molecule has 1 heterocycles. The maximum atomic E-state index is 3.29. The van der Waals surface area contributed by atoms with Crippen LogP contribution in [0.25, 0.3) is 0 Å². The minimum Gasteiger partial charge on any atom is -0.319 e. The molecule has 3 nitrogen and oxygen atoms in total. The maximum Gasteiger partial charge on any atom is 0.00450 e. The van der Waals surface area contributed by atoms with Crippen molar-refractivity contribution >= 4 is 0 Å². The first kappa shape index (κ1) is 13.9. The topological polar surface area (TPSA) is 18.5 Å². The Kier molecular flexibility index (Phi) is 5.22. The summed E-state index contributed by atoms with van der Waals surface area (Å²) < 4.78 is 0. The van der Waals surface area contributed by atoms with E-state index < -0.39 is 0 Å². The van der Waals surface area contributed by atoms with Crippen molar-refractivity contribution in [2.75, 3.05) is 53.9 Å². The third-order valence-electron chi connectivity index (χ3n) is 3.26. The molecule has 16 heavy (non-hydrogen) atoms. The number of nitrogens with one attached hydrogen (secondary N) is 1. The summed E-state index contributed by atoms with van der Waals surface area (Å²) in [5.74, 6) is 0.861. The van der Waals surface area contributed by atoms with Gasteiger partial charge < -0.3 is 15.1 Å². The van der Waals surface area contributed by atoms with E-state index in [-0.39, 0.29) is 0 Å². The van der Waals surface area contributed by atoms with Gasteiger partial charge in [-0.1, -0.05) is 13.8 Å². The van der Waals surface area contributed by atoms with Crippen LogP contribution in [-0.2, 0) is 0 Å². The standard InChI is InChI=1S/C13H29N3/c1-13(2,10-15(4)5)11-16-7-6-12(9-16)8-14-3/h12,14H,6-11H2,1-5H3. The highest BCUT2D eigenvalue weighted by Gasteiger charge is 2.28. The molecule has 1 fully saturated rings. The zero-order valence-electron chi connectivity index (χ0n) is 11.7. The van der Waals surface area contributed by atoms with Gasteiger partial charge in [0.25, 0.3) is 0 Å². The maximum absolute atomic E-state index is 3.29. The van der Waals surface area contributed by atoms with Crippen molar-refractivity contribution in [1.29, 1.82) is 0 Å². The lowest BCUT2D eigenvalue weighted by Crippen LogP contribution is -2.39. The molecule has 0 radical (unpaired) electrons. The van der Waals surface area contributed by atoms with Gasteiger partial charge in [-0.25, -0.2) is 0 Å². The number of hydrogen-bond acceptors (Lipinski definition) is 3. The molecule has 0 aromatic carbocycles. The molecule has 0 aromatic heterocycles. The van der Waals surface area contributed by atoms with E-state index in [1.807, 2.05) is 0 Å². The summed E-state index contributed by atoms with van der Waals surface area (Å²) in [7, 11) is 6.38. The van der Waals surface area contributed by atoms with Crippen LogP contribution in [0.2, 0.25) is 0 Å². The van der Waals surface area contributed by atoms with Crippen LogP contribution in [0.4, 0.5) is 0 Å². The van der Waals surface area contributed by atoms with Gasteiger partial charge in [-0.05, 0) is 52.0 Å². The molecule has 0 aromatic rings. The minimum atomic E-state index is 0.401. The normalized spacial score (nSPS) is 23.2. The van der Waals surface area contributed by atoms with E-state index in [9.17, 15) is 0 Å². The second kappa shape index (κ2) is 5.99. The average Bonchev–Trinajstić information content (AvgIpc) is 2.49. The molecule has 1 rings (SSSR count). The summed E-state index contributed by atoms with van der Waals surface area (Å²) in [5, 5.41) is 3.29. The molecule has 1 unspecified atom stereocenters. The van der Waals surface area contributed by atoms with E-state index in [1.54, 1.807) is 0 Å². The molecule has 1 aliphatic heterocycles. The van der Waals surface area contributed by atoms with E-state index in [0.717, 1.165) is 5.92 Å². The van der Waals surface area contributed by atoms with Crippen molar-refractivity contribution in [2.24, 2.45) is 11.3 Å². The Morgan fingerprint density at radius 2 is 2.06 bits per heavy atom. The molecular formula is C13H29N3. The van der Waals surface area contributed by atoms with Gasteiger partial charge in [0.2, 0.25) is 0 Å². The molecule has 0 spiro atoms. The first-order chi connectivity index (χ1) is 7.43. The largest absolute Gasteiger partial charge is 0.319 e. The number of rotatable bonds is 6. The Morgan fingerprint density at radius 3 is 2.62 bits per heavy atom. The summed E-state index contributed by atoms with van der Waals surface area (Å²) >= 11 is 0. The smallest absolute Gasteiger partial charge is 0.00450 e. The first-order valence-corrected chi connectivity index (χ1v) is 6.44. The monoisotopic (exact) mass is 227 g/mol. The molecule has 0 aliphatic carbocycles. The molecule has 96 valence electrons. The van der Waals surface area contributed by atoms with Gasteiger partial charge in [0.05, 0.1) is 0 Å². The Balaban J connectivity index is 2.32. The quantitative estimate of drug-likeness (QED) is 0.733. The lowest BCUT2D eigenvalue weighted by molar-refractivity contribution is 0.160. The Hall–Kier alpha value is -0.120. The van der Waals surface area contributed by atoms with Gasteiger partial charge in [0.15, 0.2) is 0 Å². The summed E-state index contributed by atoms with van der Waals surface area (Å²) in [6, 6.07) is 0. The number of hydrogen-bond donors (Lipinski definition) is 1. The van der Waals surface area contributed by atoms with Crippen molar-refractivity contribution in [1.82, 2.24) is 15.1 Å². The molecule has 1 aliphatic rings. The molecule has 1 saturated heterocycles. The fraction of sp³-hybridized carbons (Fsp3) is 1.00. The SMILES string of the molecule is CNCC1CCN(CC(C)(C)CN(C)C)C1. The molecule has 0 amide bonds. The summed E-state index contributed by atoms with van der Waals surface area (Å²) in [5.41, 5.74) is 0.401. The number of likely N-dealkylation sites (tertiary alicyclic amines) is 1. The van der Waals surface area contributed by atoms with Gasteiger partial charge in [-0.2, -0.15) is 0 Å². The highest BCUT2D eigenvalue weighted by molar-refractivity contribution is 4.82. The minimum absolute atomic E-state index is 0.401. The van der Waals surface area contributed by atoms with Crippen LogP contribution >= 0.6 is 0 Å². The highest BCUT2D eigenvalue weighted by Crippen LogP contribution is 2.23. The lowest BCUT2D eigenvalue weighted by Gasteiger charge is -2.32. The Bertz CT molecular complexity index is 201. The molecule has 3 heteroatoms. The van der Waals surface area contributed by atoms with Crippen LogP contribution in [0.1, 0.15) is 20.3 Å². The van der Waals surface area contributed by atoms with E-state index in [0.29, 0.717) is 5.41 Å². The lowest BCUT2D eigenvalue weighted by atomic mass is 9.92. The fourth-order valence-electron chi connectivity index (χ4n) is 3.02. The third-order valence-corrected chi connectivity index (χ3v) is 3.26. The average molecular weight is 227 g/mol. The van der Waals surface area contributed by atoms with Crippen LogP contribution in [0, 0.1) is 11.3 Å². The van der Waals surface area contributed by atoms with Crippen LogP contribution in [0.5, 0.6) is 0 Å². The molecule has 1 atom stereocenters. The zero-order valence-corrected chi connectivity index (χ0v) is 11.7. The predicted octanol–water partition coefficient (Wildman–Crippen LogP) is 1.12. The van der Waals surface area contributed by atoms with Crippen molar-refractivity contribution in [2.45, 2.75) is 20.3 Å². The highest BCUT2D eigenvalue weighted by atomic mass is 15.2. The molecule has 0 bridgehead atoms. The molecule has 1 N–H and O–H groups in total.